The number of alkyl halides is 12. The SMILES string of the molecule is FC(F)(F)C1=C(C(F)(F)F)[C@]23CN(Cc4ccccc4)C[C@@]45C=C[C@@H](O4)[C@H]([C@H]52)[C@H]1O3.FC(F)(F)C1=C(C(F)(F)F)[C@]23CN(Cc4ccccc4)C[C@]45C=C[C@H](O4)[C@H]([C@@H]1O2)[C@H]35. The van der Waals surface area contributed by atoms with Gasteiger partial charge in [0.25, 0.3) is 0 Å². The van der Waals surface area contributed by atoms with Crippen LogP contribution in [0.1, 0.15) is 11.1 Å². The Hall–Kier alpha value is -3.68. The molecule has 320 valence electrons. The van der Waals surface area contributed by atoms with Crippen LogP contribution in [0, 0.1) is 23.7 Å². The molecule has 4 spiro atoms. The van der Waals surface area contributed by atoms with Crippen LogP contribution in [0.25, 0.3) is 0 Å². The zero-order valence-electron chi connectivity index (χ0n) is 31.0. The van der Waals surface area contributed by atoms with Crippen molar-refractivity contribution in [3.05, 3.63) is 118 Å². The molecule has 6 fully saturated rings. The van der Waals surface area contributed by atoms with Crippen molar-refractivity contribution in [2.45, 2.75) is 84.6 Å². The number of rotatable bonds is 4. The van der Waals surface area contributed by atoms with Crippen molar-refractivity contribution in [2.24, 2.45) is 23.7 Å². The molecule has 12 rings (SSSR count). The van der Waals surface area contributed by atoms with Gasteiger partial charge >= 0.3 is 24.7 Å². The van der Waals surface area contributed by atoms with Crippen LogP contribution >= 0.6 is 0 Å². The zero-order valence-corrected chi connectivity index (χ0v) is 31.0. The number of nitrogens with zero attached hydrogens (tertiary/aromatic N) is 2. The highest BCUT2D eigenvalue weighted by Gasteiger charge is 2.83. The highest BCUT2D eigenvalue weighted by Crippen LogP contribution is 2.72. The van der Waals surface area contributed by atoms with E-state index in [0.29, 0.717) is 26.2 Å². The molecule has 0 amide bonds. The Morgan fingerprint density at radius 2 is 0.850 bits per heavy atom. The second kappa shape index (κ2) is 12.1. The van der Waals surface area contributed by atoms with Crippen molar-refractivity contribution >= 4 is 0 Å². The number of piperidine rings is 2. The minimum absolute atomic E-state index is 0.250. The molecule has 6 saturated heterocycles. The van der Waals surface area contributed by atoms with Crippen LogP contribution in [0.5, 0.6) is 0 Å². The molecule has 2 aromatic rings. The maximum atomic E-state index is 14.1. The predicted molar refractivity (Wildman–Crippen MR) is 184 cm³/mol. The van der Waals surface area contributed by atoms with Gasteiger partial charge in [0.1, 0.15) is 22.4 Å². The molecule has 6 nitrogen and oxygen atoms in total. The van der Waals surface area contributed by atoms with Crippen LogP contribution in [0.3, 0.4) is 0 Å². The first-order valence-corrected chi connectivity index (χ1v) is 19.5. The van der Waals surface area contributed by atoms with E-state index in [9.17, 15) is 52.7 Å². The average Bonchev–Trinajstić information content (AvgIpc) is 4.01. The van der Waals surface area contributed by atoms with Crippen molar-refractivity contribution in [2.75, 3.05) is 26.2 Å². The van der Waals surface area contributed by atoms with Crippen LogP contribution in [0.2, 0.25) is 0 Å². The van der Waals surface area contributed by atoms with Crippen LogP contribution < -0.4 is 0 Å². The molecule has 0 N–H and O–H groups in total. The summed E-state index contributed by atoms with van der Waals surface area (Å²) in [5.74, 6) is -3.06. The molecular formula is C42H34F12N2O4. The van der Waals surface area contributed by atoms with Crippen molar-refractivity contribution in [1.29, 1.82) is 0 Å². The summed E-state index contributed by atoms with van der Waals surface area (Å²) >= 11 is 0. The number of likely N-dealkylation sites (tertiary alicyclic amines) is 2. The lowest BCUT2D eigenvalue weighted by molar-refractivity contribution is -0.167. The highest BCUT2D eigenvalue weighted by atomic mass is 19.4. The maximum absolute atomic E-state index is 14.1. The zero-order chi connectivity index (χ0) is 42.2. The van der Waals surface area contributed by atoms with Gasteiger partial charge in [-0.1, -0.05) is 85.0 Å². The average molecular weight is 859 g/mol. The largest absolute Gasteiger partial charge is 0.415 e. The molecule has 0 radical (unpaired) electrons. The molecule has 10 heterocycles. The van der Waals surface area contributed by atoms with E-state index >= 15 is 0 Å². The van der Waals surface area contributed by atoms with Gasteiger partial charge in [-0.15, -0.1) is 0 Å². The van der Waals surface area contributed by atoms with Crippen LogP contribution in [-0.2, 0) is 32.0 Å². The fraction of sp³-hybridized carbons (Fsp3) is 0.524. The summed E-state index contributed by atoms with van der Waals surface area (Å²) in [5.41, 5.74) is -10.8. The van der Waals surface area contributed by atoms with Crippen LogP contribution in [0.15, 0.2) is 107 Å². The summed E-state index contributed by atoms with van der Waals surface area (Å²) in [6, 6.07) is 18.2. The van der Waals surface area contributed by atoms with Gasteiger partial charge in [-0.2, -0.15) is 52.7 Å². The Kier molecular flexibility index (Phi) is 7.88. The van der Waals surface area contributed by atoms with Crippen molar-refractivity contribution in [1.82, 2.24) is 9.80 Å². The number of halogens is 12. The third-order valence-corrected chi connectivity index (χ3v) is 14.3. The monoisotopic (exact) mass is 858 g/mol. The Morgan fingerprint density at radius 1 is 0.483 bits per heavy atom. The molecule has 60 heavy (non-hydrogen) atoms. The number of hydrogen-bond acceptors (Lipinski definition) is 6. The van der Waals surface area contributed by atoms with Crippen molar-refractivity contribution in [3.8, 4) is 0 Å². The van der Waals surface area contributed by atoms with Gasteiger partial charge in [-0.3, -0.25) is 9.80 Å². The van der Waals surface area contributed by atoms with Gasteiger partial charge in [-0.25, -0.2) is 0 Å². The minimum Gasteiger partial charge on any atom is -0.361 e. The lowest BCUT2D eigenvalue weighted by atomic mass is 9.58. The van der Waals surface area contributed by atoms with Gasteiger partial charge < -0.3 is 18.9 Å². The summed E-state index contributed by atoms with van der Waals surface area (Å²) in [7, 11) is 0. The second-order valence-corrected chi connectivity index (χ2v) is 17.6. The Balaban J connectivity index is 0.000000136. The van der Waals surface area contributed by atoms with Gasteiger partial charge in [0.2, 0.25) is 0 Å². The molecule has 18 heteroatoms. The molecule has 0 aliphatic carbocycles. The van der Waals surface area contributed by atoms with Crippen molar-refractivity contribution in [3.63, 3.8) is 0 Å². The van der Waals surface area contributed by atoms with Gasteiger partial charge in [-0.05, 0) is 11.1 Å². The first-order chi connectivity index (χ1) is 28.1. The summed E-state index contributed by atoms with van der Waals surface area (Å²) in [6.07, 6.45) is -18.3. The van der Waals surface area contributed by atoms with E-state index in [1.165, 1.54) is 0 Å². The second-order valence-electron chi connectivity index (χ2n) is 17.6. The number of hydrogen-bond donors (Lipinski definition) is 0. The van der Waals surface area contributed by atoms with E-state index in [-0.39, 0.29) is 13.1 Å². The Labute approximate surface area is 334 Å². The third kappa shape index (κ3) is 5.20. The number of ether oxygens (including phenoxy) is 4. The molecule has 12 atom stereocenters. The Bertz CT molecular complexity index is 2100. The third-order valence-electron chi connectivity index (χ3n) is 14.3. The first-order valence-electron chi connectivity index (χ1n) is 19.5. The molecule has 0 unspecified atom stereocenters. The lowest BCUT2D eigenvalue weighted by Crippen LogP contribution is -2.66. The van der Waals surface area contributed by atoms with E-state index in [1.54, 1.807) is 34.1 Å². The minimum atomic E-state index is -5.15. The molecule has 2 aromatic carbocycles. The number of fused-ring (bicyclic) bond motifs is 8. The molecule has 0 aromatic heterocycles. The lowest BCUT2D eigenvalue weighted by Gasteiger charge is -2.52. The van der Waals surface area contributed by atoms with Crippen LogP contribution in [-0.4, -0.2) is 108 Å². The first kappa shape index (κ1) is 39.2. The van der Waals surface area contributed by atoms with Gasteiger partial charge in [0, 0.05) is 62.9 Å². The van der Waals surface area contributed by atoms with E-state index in [1.807, 2.05) is 60.7 Å². The topological polar surface area (TPSA) is 43.4 Å². The fourth-order valence-corrected chi connectivity index (χ4v) is 13.1. The van der Waals surface area contributed by atoms with E-state index in [0.717, 1.165) is 11.1 Å². The molecule has 10 aliphatic rings. The van der Waals surface area contributed by atoms with E-state index in [2.05, 4.69) is 0 Å². The normalized spacial score (nSPS) is 41.8. The summed E-state index contributed by atoms with van der Waals surface area (Å²) in [5, 5.41) is 0. The van der Waals surface area contributed by atoms with E-state index in [4.69, 9.17) is 18.9 Å². The van der Waals surface area contributed by atoms with Crippen LogP contribution in [0.4, 0.5) is 52.7 Å². The van der Waals surface area contributed by atoms with Crippen molar-refractivity contribution < 1.29 is 71.6 Å². The standard InChI is InChI=1S/2C21H17F6NO2/c2*22-20(23,24)14-15-13-12-6-7-18(29-12)9-28(8-11-4-2-1-3-5-11)10-19(30-15,16(13)18)17(14)21(25,26)27/h2*1-7,12-13,15-16H,8-10H2/t2*12-,13+,15-,16-,18-,19+/m10/s1. The molecule has 8 bridgehead atoms. The number of benzene rings is 2. The summed E-state index contributed by atoms with van der Waals surface area (Å²) in [4.78, 5) is 3.46. The summed E-state index contributed by atoms with van der Waals surface area (Å²) < 4.78 is 191. The highest BCUT2D eigenvalue weighted by molar-refractivity contribution is 5.53. The van der Waals surface area contributed by atoms with Gasteiger partial charge in [0.05, 0.1) is 46.7 Å². The van der Waals surface area contributed by atoms with Gasteiger partial charge in [0.15, 0.2) is 0 Å². The van der Waals surface area contributed by atoms with E-state index < -0.39 is 117 Å². The quantitative estimate of drug-likeness (QED) is 0.230. The molecular weight excluding hydrogens is 824 g/mol. The maximum Gasteiger partial charge on any atom is 0.415 e. The Morgan fingerprint density at radius 3 is 1.18 bits per heavy atom. The fourth-order valence-electron chi connectivity index (χ4n) is 13.1. The molecule has 10 aliphatic heterocycles. The summed E-state index contributed by atoms with van der Waals surface area (Å²) in [6.45, 7) is 0.730. The predicted octanol–water partition coefficient (Wildman–Crippen LogP) is 8.03. The smallest absolute Gasteiger partial charge is 0.361 e. The molecule has 0 saturated carbocycles.